The Kier molecular flexibility index (Phi) is 5.68. The molecule has 6 heteroatoms. The molecule has 0 bridgehead atoms. The molecule has 0 fully saturated rings. The van der Waals surface area contributed by atoms with E-state index in [-0.39, 0.29) is 11.3 Å². The maximum absolute atomic E-state index is 11.9. The van der Waals surface area contributed by atoms with Crippen molar-refractivity contribution in [3.63, 3.8) is 0 Å². The molecule has 0 radical (unpaired) electrons. The molecule has 1 heterocycles. The molecule has 1 amide bonds. The molecule has 0 aliphatic heterocycles. The molecule has 1 atom stereocenters. The Morgan fingerprint density at radius 1 is 1.45 bits per heavy atom. The van der Waals surface area contributed by atoms with Crippen LogP contribution in [0, 0.1) is 0 Å². The van der Waals surface area contributed by atoms with Crippen molar-refractivity contribution in [3.05, 3.63) is 11.7 Å². The van der Waals surface area contributed by atoms with Crippen molar-refractivity contribution in [2.24, 2.45) is 0 Å². The van der Waals surface area contributed by atoms with Gasteiger partial charge in [0.25, 0.3) is 0 Å². The first-order valence-electron chi connectivity index (χ1n) is 6.95. The number of amides is 1. The highest BCUT2D eigenvalue weighted by Crippen LogP contribution is 2.18. The van der Waals surface area contributed by atoms with Crippen LogP contribution in [-0.2, 0) is 16.6 Å². The van der Waals surface area contributed by atoms with E-state index in [4.69, 9.17) is 4.52 Å². The molecule has 0 spiro atoms. The van der Waals surface area contributed by atoms with Crippen molar-refractivity contribution in [2.75, 3.05) is 13.6 Å². The molecule has 0 aliphatic carbocycles. The third kappa shape index (κ3) is 5.28. The van der Waals surface area contributed by atoms with E-state index < -0.39 is 6.10 Å². The van der Waals surface area contributed by atoms with Gasteiger partial charge in [0, 0.05) is 31.8 Å². The van der Waals surface area contributed by atoms with Gasteiger partial charge in [-0.2, -0.15) is 4.98 Å². The van der Waals surface area contributed by atoms with Crippen LogP contribution in [0.1, 0.15) is 52.3 Å². The van der Waals surface area contributed by atoms with E-state index in [9.17, 15) is 9.90 Å². The van der Waals surface area contributed by atoms with Gasteiger partial charge in [0.2, 0.25) is 11.8 Å². The number of aliphatic hydroxyl groups is 1. The van der Waals surface area contributed by atoms with E-state index in [2.05, 4.69) is 10.1 Å². The van der Waals surface area contributed by atoms with E-state index in [1.54, 1.807) is 18.9 Å². The lowest BCUT2D eigenvalue weighted by molar-refractivity contribution is -0.130. The lowest BCUT2D eigenvalue weighted by Gasteiger charge is -2.17. The molecular weight excluding hydrogens is 258 g/mol. The van der Waals surface area contributed by atoms with E-state index in [1.807, 2.05) is 20.8 Å². The second-order valence-electron chi connectivity index (χ2n) is 6.21. The predicted octanol–water partition coefficient (Wildman–Crippen LogP) is 1.53. The fourth-order valence-corrected chi connectivity index (χ4v) is 1.57. The zero-order valence-electron chi connectivity index (χ0n) is 13.0. The average Bonchev–Trinajstić information content (AvgIpc) is 2.81. The molecule has 114 valence electrons. The average molecular weight is 283 g/mol. The van der Waals surface area contributed by atoms with Gasteiger partial charge in [-0.15, -0.1) is 0 Å². The molecule has 20 heavy (non-hydrogen) atoms. The first-order valence-corrected chi connectivity index (χ1v) is 6.95. The van der Waals surface area contributed by atoms with E-state index in [0.717, 1.165) is 0 Å². The summed E-state index contributed by atoms with van der Waals surface area (Å²) in [5, 5.41) is 13.1. The quantitative estimate of drug-likeness (QED) is 0.856. The van der Waals surface area contributed by atoms with Gasteiger partial charge in [-0.1, -0.05) is 25.9 Å². The van der Waals surface area contributed by atoms with Crippen LogP contribution >= 0.6 is 0 Å². The van der Waals surface area contributed by atoms with Gasteiger partial charge in [0.05, 0.1) is 6.10 Å². The summed E-state index contributed by atoms with van der Waals surface area (Å²) in [5.41, 5.74) is -0.153. The Hall–Kier alpha value is -1.43. The van der Waals surface area contributed by atoms with Gasteiger partial charge < -0.3 is 14.5 Å². The number of carbonyl (C=O) groups is 1. The maximum atomic E-state index is 11.9. The molecule has 1 unspecified atom stereocenters. The molecule has 0 aromatic carbocycles. The fourth-order valence-electron chi connectivity index (χ4n) is 1.57. The fraction of sp³-hybridized carbons (Fsp3) is 0.786. The minimum Gasteiger partial charge on any atom is -0.393 e. The summed E-state index contributed by atoms with van der Waals surface area (Å²) in [4.78, 5) is 17.8. The molecule has 6 nitrogen and oxygen atoms in total. The summed E-state index contributed by atoms with van der Waals surface area (Å²) in [7, 11) is 1.74. The van der Waals surface area contributed by atoms with Crippen LogP contribution in [-0.4, -0.2) is 45.8 Å². The first-order chi connectivity index (χ1) is 9.20. The number of nitrogens with zero attached hydrogens (tertiary/aromatic N) is 3. The molecule has 0 saturated heterocycles. The van der Waals surface area contributed by atoms with Gasteiger partial charge in [-0.3, -0.25) is 4.79 Å². The number of hydrogen-bond donors (Lipinski definition) is 1. The summed E-state index contributed by atoms with van der Waals surface area (Å²) in [5.74, 6) is 1.16. The maximum Gasteiger partial charge on any atom is 0.227 e. The summed E-state index contributed by atoms with van der Waals surface area (Å²) in [6.45, 7) is 8.29. The highest BCUT2D eigenvalue weighted by molar-refractivity contribution is 5.75. The third-order valence-electron chi connectivity index (χ3n) is 3.00. The Morgan fingerprint density at radius 3 is 2.60 bits per heavy atom. The Bertz CT molecular complexity index is 435. The number of aliphatic hydroxyl groups excluding tert-OH is 1. The summed E-state index contributed by atoms with van der Waals surface area (Å²) in [6, 6.07) is 0. The van der Waals surface area contributed by atoms with Crippen molar-refractivity contribution in [3.8, 4) is 0 Å². The minimum atomic E-state index is -0.393. The van der Waals surface area contributed by atoms with Crippen LogP contribution in [0.2, 0.25) is 0 Å². The van der Waals surface area contributed by atoms with Gasteiger partial charge >= 0.3 is 0 Å². The highest BCUT2D eigenvalue weighted by Gasteiger charge is 2.21. The standard InChI is InChI=1S/C14H25N3O3/c1-10(18)8-9-17(5)12(19)7-6-11-15-13(16-20-11)14(2,3)4/h10,18H,6-9H2,1-5H3. The molecule has 0 aliphatic rings. The predicted molar refractivity (Wildman–Crippen MR) is 75.3 cm³/mol. The lowest BCUT2D eigenvalue weighted by Crippen LogP contribution is -2.29. The Balaban J connectivity index is 2.43. The van der Waals surface area contributed by atoms with Crippen molar-refractivity contribution < 1.29 is 14.4 Å². The molecular formula is C14H25N3O3. The van der Waals surface area contributed by atoms with E-state index in [0.29, 0.717) is 37.5 Å². The summed E-state index contributed by atoms with van der Waals surface area (Å²) < 4.78 is 5.15. The summed E-state index contributed by atoms with van der Waals surface area (Å²) >= 11 is 0. The van der Waals surface area contributed by atoms with Crippen LogP contribution < -0.4 is 0 Å². The van der Waals surface area contributed by atoms with Crippen molar-refractivity contribution in [2.45, 2.75) is 58.5 Å². The lowest BCUT2D eigenvalue weighted by atomic mass is 9.96. The minimum absolute atomic E-state index is 0.0150. The highest BCUT2D eigenvalue weighted by atomic mass is 16.5. The van der Waals surface area contributed by atoms with E-state index >= 15 is 0 Å². The topological polar surface area (TPSA) is 79.5 Å². The van der Waals surface area contributed by atoms with Crippen molar-refractivity contribution in [1.82, 2.24) is 15.0 Å². The van der Waals surface area contributed by atoms with E-state index in [1.165, 1.54) is 0 Å². The zero-order valence-corrected chi connectivity index (χ0v) is 13.0. The van der Waals surface area contributed by atoms with Crippen LogP contribution in [0.4, 0.5) is 0 Å². The zero-order chi connectivity index (χ0) is 15.3. The van der Waals surface area contributed by atoms with Crippen molar-refractivity contribution in [1.29, 1.82) is 0 Å². The molecule has 1 aromatic heterocycles. The Labute approximate surface area is 120 Å². The number of aryl methyl sites for hydroxylation is 1. The molecule has 1 rings (SSSR count). The number of hydrogen-bond acceptors (Lipinski definition) is 5. The second-order valence-corrected chi connectivity index (χ2v) is 6.21. The van der Waals surface area contributed by atoms with Gasteiger partial charge in [-0.05, 0) is 13.3 Å². The number of rotatable bonds is 6. The monoisotopic (exact) mass is 283 g/mol. The number of aromatic nitrogens is 2. The largest absolute Gasteiger partial charge is 0.393 e. The number of carbonyl (C=O) groups excluding carboxylic acids is 1. The van der Waals surface area contributed by atoms with Gasteiger partial charge in [0.15, 0.2) is 5.82 Å². The van der Waals surface area contributed by atoms with Gasteiger partial charge in [0.1, 0.15) is 0 Å². The van der Waals surface area contributed by atoms with Crippen LogP contribution in [0.15, 0.2) is 4.52 Å². The molecule has 0 saturated carbocycles. The van der Waals surface area contributed by atoms with Gasteiger partial charge in [-0.25, -0.2) is 0 Å². The Morgan fingerprint density at radius 2 is 2.10 bits per heavy atom. The first kappa shape index (κ1) is 16.6. The second kappa shape index (κ2) is 6.83. The van der Waals surface area contributed by atoms with Crippen LogP contribution in [0.5, 0.6) is 0 Å². The SMILES string of the molecule is CC(O)CCN(C)C(=O)CCc1nc(C(C)(C)C)no1. The van der Waals surface area contributed by atoms with Crippen LogP contribution in [0.25, 0.3) is 0 Å². The molecule has 1 aromatic rings. The van der Waals surface area contributed by atoms with Crippen LogP contribution in [0.3, 0.4) is 0 Å². The summed E-state index contributed by atoms with van der Waals surface area (Å²) in [6.07, 6.45) is 0.968. The molecule has 1 N–H and O–H groups in total. The normalized spacial score (nSPS) is 13.3. The smallest absolute Gasteiger partial charge is 0.227 e. The van der Waals surface area contributed by atoms with Crippen molar-refractivity contribution >= 4 is 5.91 Å². The third-order valence-corrected chi connectivity index (χ3v) is 3.00.